The zero-order valence-electron chi connectivity index (χ0n) is 23.8. The summed E-state index contributed by atoms with van der Waals surface area (Å²) in [6.07, 6.45) is -0.819. The zero-order chi connectivity index (χ0) is 28.7. The Hall–Kier alpha value is -2.56. The molecule has 0 spiro atoms. The van der Waals surface area contributed by atoms with E-state index in [2.05, 4.69) is 31.2 Å². The lowest BCUT2D eigenvalue weighted by Gasteiger charge is -2.38. The number of alkyl carbamates (subject to hydrolysis) is 1. The summed E-state index contributed by atoms with van der Waals surface area (Å²) in [6, 6.07) is 9.23. The fourth-order valence-corrected chi connectivity index (χ4v) is 4.66. The van der Waals surface area contributed by atoms with Crippen molar-refractivity contribution in [3.05, 3.63) is 36.0 Å². The lowest BCUT2D eigenvalue weighted by molar-refractivity contribution is -0.147. The third kappa shape index (κ3) is 9.63. The highest BCUT2D eigenvalue weighted by Gasteiger charge is 2.41. The third-order valence-electron chi connectivity index (χ3n) is 6.29. The molecule has 1 aromatic carbocycles. The lowest BCUT2D eigenvalue weighted by atomic mass is 10.1. The van der Waals surface area contributed by atoms with E-state index in [1.165, 1.54) is 0 Å². The number of carboxylic acids is 1. The van der Waals surface area contributed by atoms with E-state index in [4.69, 9.17) is 25.5 Å². The van der Waals surface area contributed by atoms with Crippen LogP contribution >= 0.6 is 11.6 Å². The molecule has 1 heterocycles. The highest BCUT2D eigenvalue weighted by Crippen LogP contribution is 2.37. The van der Waals surface area contributed by atoms with Gasteiger partial charge in [-0.2, -0.15) is 5.10 Å². The average Bonchev–Trinajstić information content (AvgIpc) is 3.21. The van der Waals surface area contributed by atoms with Crippen LogP contribution in [0, 0.1) is 0 Å². The summed E-state index contributed by atoms with van der Waals surface area (Å²) in [5, 5.41) is 17.0. The Bertz CT molecular complexity index is 1070. The van der Waals surface area contributed by atoms with Gasteiger partial charge in [-0.1, -0.05) is 20.8 Å². The largest absolute Gasteiger partial charge is 0.490 e. The molecule has 0 fully saturated rings. The molecule has 2 N–H and O–H groups in total. The minimum atomic E-state index is -2.27. The van der Waals surface area contributed by atoms with Gasteiger partial charge in [0.15, 0.2) is 14.4 Å². The number of nitrogens with zero attached hydrogens (tertiary/aromatic N) is 2. The van der Waals surface area contributed by atoms with Crippen LogP contribution in [-0.2, 0) is 26.4 Å². The third-order valence-corrected chi connectivity index (χ3v) is 11.0. The van der Waals surface area contributed by atoms with Crippen molar-refractivity contribution in [3.63, 3.8) is 0 Å². The number of aliphatic carboxylic acids is 1. The van der Waals surface area contributed by atoms with Gasteiger partial charge in [-0.15, -0.1) is 11.6 Å². The van der Waals surface area contributed by atoms with Gasteiger partial charge in [0.25, 0.3) is 0 Å². The molecule has 0 radical (unpaired) electrons. The molecule has 0 aliphatic rings. The second-order valence-corrected chi connectivity index (χ2v) is 16.7. The Labute approximate surface area is 231 Å². The molecule has 0 unspecified atom stereocenters. The van der Waals surface area contributed by atoms with Crippen molar-refractivity contribution in [2.45, 2.75) is 90.2 Å². The van der Waals surface area contributed by atoms with Gasteiger partial charge >= 0.3 is 12.1 Å². The molecule has 1 atom stereocenters. The first-order valence-corrected chi connectivity index (χ1v) is 16.2. The molecule has 1 amide bonds. The predicted octanol–water partition coefficient (Wildman–Crippen LogP) is 6.06. The number of rotatable bonds is 12. The summed E-state index contributed by atoms with van der Waals surface area (Å²) in [7, 11) is -2.27. The maximum atomic E-state index is 11.8. The Morgan fingerprint density at radius 2 is 1.76 bits per heavy atom. The number of benzene rings is 1. The van der Waals surface area contributed by atoms with Gasteiger partial charge in [0, 0.05) is 18.7 Å². The van der Waals surface area contributed by atoms with E-state index in [9.17, 15) is 14.7 Å². The molecule has 11 heteroatoms. The van der Waals surface area contributed by atoms with Crippen LogP contribution in [0.1, 0.15) is 53.7 Å². The van der Waals surface area contributed by atoms with E-state index >= 15 is 0 Å². The fourth-order valence-electron chi connectivity index (χ4n) is 3.21. The van der Waals surface area contributed by atoms with Gasteiger partial charge in [-0.25, -0.2) is 9.59 Å². The maximum Gasteiger partial charge on any atom is 0.407 e. The van der Waals surface area contributed by atoms with Gasteiger partial charge < -0.3 is 24.3 Å². The van der Waals surface area contributed by atoms with Gasteiger partial charge in [-0.05, 0) is 75.7 Å². The number of aryl methyl sites for hydroxylation is 1. The molecular weight excluding hydrogens is 526 g/mol. The van der Waals surface area contributed by atoms with Crippen LogP contribution < -0.4 is 10.1 Å². The number of carbonyl (C=O) groups is 2. The van der Waals surface area contributed by atoms with Crippen molar-refractivity contribution in [1.29, 1.82) is 0 Å². The van der Waals surface area contributed by atoms with E-state index < -0.39 is 32.1 Å². The zero-order valence-corrected chi connectivity index (χ0v) is 25.5. The molecule has 2 aromatic rings. The Morgan fingerprint density at radius 1 is 1.13 bits per heavy atom. The normalized spacial score (nSPS) is 13.2. The molecule has 1 aromatic heterocycles. The van der Waals surface area contributed by atoms with Crippen molar-refractivity contribution >= 4 is 32.0 Å². The van der Waals surface area contributed by atoms with E-state index in [1.807, 2.05) is 56.7 Å². The number of ether oxygens (including phenoxy) is 2. The molecule has 9 nitrogen and oxygen atoms in total. The van der Waals surface area contributed by atoms with Crippen molar-refractivity contribution in [1.82, 2.24) is 15.1 Å². The van der Waals surface area contributed by atoms with E-state index in [0.29, 0.717) is 31.1 Å². The number of carboxylic acid groups (broad SMARTS) is 1. The first-order chi connectivity index (χ1) is 17.5. The summed E-state index contributed by atoms with van der Waals surface area (Å²) < 4.78 is 18.9. The Balaban J connectivity index is 1.97. The monoisotopic (exact) mass is 567 g/mol. The van der Waals surface area contributed by atoms with Crippen LogP contribution in [0.15, 0.2) is 30.3 Å². The van der Waals surface area contributed by atoms with Gasteiger partial charge in [0.05, 0.1) is 17.3 Å². The Kier molecular flexibility index (Phi) is 10.8. The summed E-state index contributed by atoms with van der Waals surface area (Å²) in [6.45, 7) is 16.7. The molecule has 212 valence electrons. The molecule has 0 aliphatic heterocycles. The summed E-state index contributed by atoms with van der Waals surface area (Å²) in [5.74, 6) is -0.186. The van der Waals surface area contributed by atoms with E-state index in [0.717, 1.165) is 17.0 Å². The van der Waals surface area contributed by atoms with Gasteiger partial charge in [0.2, 0.25) is 0 Å². The average molecular weight is 568 g/mol. The molecule has 0 aliphatic carbocycles. The van der Waals surface area contributed by atoms with Crippen LogP contribution in [0.25, 0.3) is 11.3 Å². The standard InChI is InChI=1S/C27H42ClN3O6Si/c1-26(2,3)36-25(34)29-14-9-15-31-20(17-28)16-22(30-31)19-10-12-21(13-11-19)35-18-23(24(32)33)37-38(7,8)27(4,5)6/h10-13,16,23H,9,14-15,17-18H2,1-8H3,(H,29,34)(H,32,33)/t23-/m1/s1. The first kappa shape index (κ1) is 31.7. The second kappa shape index (κ2) is 13.0. The number of hydrogen-bond acceptors (Lipinski definition) is 6. The number of amides is 1. The fraction of sp³-hybridized carbons (Fsp3) is 0.593. The molecule has 0 bridgehead atoms. The molecule has 38 heavy (non-hydrogen) atoms. The maximum absolute atomic E-state index is 11.8. The minimum Gasteiger partial charge on any atom is -0.490 e. The number of halogens is 1. The van der Waals surface area contributed by atoms with Crippen molar-refractivity contribution in [2.24, 2.45) is 0 Å². The number of aromatic nitrogens is 2. The highest BCUT2D eigenvalue weighted by atomic mass is 35.5. The molecular formula is C27H42ClN3O6Si. The van der Waals surface area contributed by atoms with Crippen LogP contribution in [0.5, 0.6) is 5.75 Å². The van der Waals surface area contributed by atoms with Crippen LogP contribution in [0.4, 0.5) is 4.79 Å². The van der Waals surface area contributed by atoms with Crippen molar-refractivity contribution < 1.29 is 28.6 Å². The second-order valence-electron chi connectivity index (χ2n) is 11.7. The van der Waals surface area contributed by atoms with E-state index in [1.54, 1.807) is 12.1 Å². The molecule has 0 saturated carbocycles. The lowest BCUT2D eigenvalue weighted by Crippen LogP contribution is -2.47. The van der Waals surface area contributed by atoms with Crippen LogP contribution in [0.2, 0.25) is 18.1 Å². The number of alkyl halides is 1. The SMILES string of the molecule is CC(C)(C)OC(=O)NCCCn1nc(-c2ccc(OC[C@@H](O[Si](C)(C)C(C)(C)C)C(=O)O)cc2)cc1CCl. The number of nitrogens with one attached hydrogen (secondary N) is 1. The summed E-state index contributed by atoms with van der Waals surface area (Å²) in [4.78, 5) is 23.6. The smallest absolute Gasteiger partial charge is 0.407 e. The topological polar surface area (TPSA) is 112 Å². The Morgan fingerprint density at radius 3 is 2.29 bits per heavy atom. The number of hydrogen-bond donors (Lipinski definition) is 2. The van der Waals surface area contributed by atoms with Gasteiger partial charge in [-0.3, -0.25) is 4.68 Å². The molecule has 2 rings (SSSR count). The van der Waals surface area contributed by atoms with Crippen LogP contribution in [-0.4, -0.2) is 60.1 Å². The highest BCUT2D eigenvalue weighted by molar-refractivity contribution is 6.74. The quantitative estimate of drug-likeness (QED) is 0.182. The number of carbonyl (C=O) groups excluding carboxylic acids is 1. The van der Waals surface area contributed by atoms with Crippen molar-refractivity contribution in [2.75, 3.05) is 13.2 Å². The summed E-state index contributed by atoms with van der Waals surface area (Å²) in [5.41, 5.74) is 1.97. The van der Waals surface area contributed by atoms with Crippen LogP contribution in [0.3, 0.4) is 0 Å². The van der Waals surface area contributed by atoms with E-state index in [-0.39, 0.29) is 11.6 Å². The van der Waals surface area contributed by atoms with Crippen molar-refractivity contribution in [3.8, 4) is 17.0 Å². The first-order valence-electron chi connectivity index (χ1n) is 12.8. The summed E-state index contributed by atoms with van der Waals surface area (Å²) >= 11 is 6.14. The van der Waals surface area contributed by atoms with Gasteiger partial charge in [0.1, 0.15) is 18.0 Å². The minimum absolute atomic E-state index is 0.0798. The predicted molar refractivity (Wildman–Crippen MR) is 151 cm³/mol. The molecule has 0 saturated heterocycles.